The van der Waals surface area contributed by atoms with Gasteiger partial charge in [0.2, 0.25) is 0 Å². The van der Waals surface area contributed by atoms with Crippen LogP contribution in [0.3, 0.4) is 0 Å². The number of carbonyl (C=O) groups excluding carboxylic acids is 3. The van der Waals surface area contributed by atoms with Crippen LogP contribution in [-0.2, 0) is 28.6 Å². The number of esters is 3. The molecule has 1 fully saturated rings. The second-order valence-corrected chi connectivity index (χ2v) is 6.51. The lowest BCUT2D eigenvalue weighted by Crippen LogP contribution is -2.41. The topological polar surface area (TPSA) is 78.9 Å². The third-order valence-electron chi connectivity index (χ3n) is 3.24. The van der Waals surface area contributed by atoms with Crippen LogP contribution in [0.1, 0.15) is 41.0 Å². The fourth-order valence-corrected chi connectivity index (χ4v) is 2.23. The van der Waals surface area contributed by atoms with E-state index in [4.69, 9.17) is 14.2 Å². The zero-order valence-electron chi connectivity index (χ0n) is 13.8. The zero-order chi connectivity index (χ0) is 17.1. The summed E-state index contributed by atoms with van der Waals surface area (Å²) >= 11 is 0. The summed E-state index contributed by atoms with van der Waals surface area (Å²) in [7, 11) is 0. The van der Waals surface area contributed by atoms with Gasteiger partial charge in [-0.1, -0.05) is 6.58 Å². The quantitative estimate of drug-likeness (QED) is 0.439. The molecule has 0 radical (unpaired) electrons. The highest BCUT2D eigenvalue weighted by Gasteiger charge is 2.45. The summed E-state index contributed by atoms with van der Waals surface area (Å²) in [6.45, 7) is 12.0. The minimum absolute atomic E-state index is 0.226. The van der Waals surface area contributed by atoms with Gasteiger partial charge >= 0.3 is 17.9 Å². The van der Waals surface area contributed by atoms with Crippen LogP contribution in [0.25, 0.3) is 0 Å². The van der Waals surface area contributed by atoms with Crippen molar-refractivity contribution in [2.45, 2.75) is 52.7 Å². The minimum atomic E-state index is -0.891. The van der Waals surface area contributed by atoms with E-state index in [9.17, 15) is 14.4 Å². The standard InChI is InChI=1S/C16H24O6/c1-9(2)13(17)21-10(3)12(11-7-8-20-14(11)18)15(19)22-16(4,5)6/h10-12H,1,7-8H2,2-6H3. The summed E-state index contributed by atoms with van der Waals surface area (Å²) in [5, 5.41) is 0. The van der Waals surface area contributed by atoms with Crippen molar-refractivity contribution in [3.8, 4) is 0 Å². The first-order chi connectivity index (χ1) is 10.0. The van der Waals surface area contributed by atoms with Crippen molar-refractivity contribution in [1.82, 2.24) is 0 Å². The van der Waals surface area contributed by atoms with Gasteiger partial charge in [0, 0.05) is 5.57 Å². The van der Waals surface area contributed by atoms with Crippen LogP contribution in [0.2, 0.25) is 0 Å². The zero-order valence-corrected chi connectivity index (χ0v) is 13.8. The molecule has 0 saturated carbocycles. The summed E-state index contributed by atoms with van der Waals surface area (Å²) in [5.41, 5.74) is -0.473. The maximum atomic E-state index is 12.4. The van der Waals surface area contributed by atoms with E-state index in [-0.39, 0.29) is 12.2 Å². The molecule has 0 bridgehead atoms. The number of cyclic esters (lactones) is 1. The molecule has 0 spiro atoms. The van der Waals surface area contributed by atoms with Crippen LogP contribution < -0.4 is 0 Å². The SMILES string of the molecule is C=C(C)C(=O)OC(C)C(C(=O)OC(C)(C)C)C1CCOC1=O. The van der Waals surface area contributed by atoms with Gasteiger partial charge < -0.3 is 14.2 Å². The van der Waals surface area contributed by atoms with Crippen LogP contribution >= 0.6 is 0 Å². The van der Waals surface area contributed by atoms with Gasteiger partial charge in [0.25, 0.3) is 0 Å². The Labute approximate surface area is 130 Å². The van der Waals surface area contributed by atoms with Gasteiger partial charge in [-0.2, -0.15) is 0 Å². The number of carbonyl (C=O) groups is 3. The number of hydrogen-bond acceptors (Lipinski definition) is 6. The molecule has 0 aromatic carbocycles. The molecule has 0 aromatic rings. The number of hydrogen-bond donors (Lipinski definition) is 0. The van der Waals surface area contributed by atoms with Crippen molar-refractivity contribution < 1.29 is 28.6 Å². The van der Waals surface area contributed by atoms with Crippen LogP contribution in [0.4, 0.5) is 0 Å². The van der Waals surface area contributed by atoms with Crippen LogP contribution in [0, 0.1) is 11.8 Å². The van der Waals surface area contributed by atoms with E-state index in [1.165, 1.54) is 6.92 Å². The van der Waals surface area contributed by atoms with E-state index in [1.54, 1.807) is 27.7 Å². The first-order valence-electron chi connectivity index (χ1n) is 7.29. The molecule has 0 aromatic heterocycles. The molecule has 1 aliphatic rings. The van der Waals surface area contributed by atoms with Gasteiger partial charge in [-0.05, 0) is 41.0 Å². The normalized spacial score (nSPS) is 20.8. The second kappa shape index (κ2) is 6.94. The lowest BCUT2D eigenvalue weighted by Gasteiger charge is -2.29. The fourth-order valence-electron chi connectivity index (χ4n) is 2.23. The molecule has 6 nitrogen and oxygen atoms in total. The number of ether oxygens (including phenoxy) is 3. The first kappa shape index (κ1) is 18.2. The Hall–Kier alpha value is -1.85. The second-order valence-electron chi connectivity index (χ2n) is 6.51. The van der Waals surface area contributed by atoms with Crippen molar-refractivity contribution in [2.75, 3.05) is 6.61 Å². The molecule has 1 heterocycles. The summed E-state index contributed by atoms with van der Waals surface area (Å²) < 4.78 is 15.5. The van der Waals surface area contributed by atoms with E-state index in [2.05, 4.69) is 6.58 Å². The Morgan fingerprint density at radius 3 is 2.36 bits per heavy atom. The van der Waals surface area contributed by atoms with Gasteiger partial charge in [-0.25, -0.2) is 4.79 Å². The highest BCUT2D eigenvalue weighted by Crippen LogP contribution is 2.30. The molecule has 0 amide bonds. The largest absolute Gasteiger partial charge is 0.465 e. The van der Waals surface area contributed by atoms with Crippen molar-refractivity contribution in [3.05, 3.63) is 12.2 Å². The third kappa shape index (κ3) is 4.86. The molecule has 22 heavy (non-hydrogen) atoms. The summed E-state index contributed by atoms with van der Waals surface area (Å²) in [4.78, 5) is 35.9. The van der Waals surface area contributed by atoms with Gasteiger partial charge in [-0.15, -0.1) is 0 Å². The van der Waals surface area contributed by atoms with Gasteiger partial charge in [0.05, 0.1) is 12.5 Å². The van der Waals surface area contributed by atoms with E-state index in [1.807, 2.05) is 0 Å². The Kier molecular flexibility index (Phi) is 5.74. The molecule has 0 N–H and O–H groups in total. The average molecular weight is 312 g/mol. The van der Waals surface area contributed by atoms with E-state index >= 15 is 0 Å². The highest BCUT2D eigenvalue weighted by molar-refractivity contribution is 5.88. The monoisotopic (exact) mass is 312 g/mol. The Bertz CT molecular complexity index is 474. The Balaban J connectivity index is 2.95. The van der Waals surface area contributed by atoms with Crippen LogP contribution in [0.15, 0.2) is 12.2 Å². The molecule has 1 saturated heterocycles. The van der Waals surface area contributed by atoms with Gasteiger partial charge in [-0.3, -0.25) is 9.59 Å². The average Bonchev–Trinajstić information content (AvgIpc) is 2.73. The lowest BCUT2D eigenvalue weighted by molar-refractivity contribution is -0.173. The molecule has 3 atom stereocenters. The van der Waals surface area contributed by atoms with Crippen LogP contribution in [0.5, 0.6) is 0 Å². The minimum Gasteiger partial charge on any atom is -0.465 e. The van der Waals surface area contributed by atoms with Crippen molar-refractivity contribution in [3.63, 3.8) is 0 Å². The summed E-state index contributed by atoms with van der Waals surface area (Å²) in [5.74, 6) is -3.19. The predicted octanol–water partition coefficient (Wildman–Crippen LogP) is 2.02. The fraction of sp³-hybridized carbons (Fsp3) is 0.688. The third-order valence-corrected chi connectivity index (χ3v) is 3.24. The molecule has 1 aliphatic heterocycles. The van der Waals surface area contributed by atoms with E-state index < -0.39 is 41.4 Å². The smallest absolute Gasteiger partial charge is 0.333 e. The molecule has 0 aliphatic carbocycles. The number of rotatable bonds is 5. The molecule has 6 heteroatoms. The molecular weight excluding hydrogens is 288 g/mol. The van der Waals surface area contributed by atoms with E-state index in [0.29, 0.717) is 6.42 Å². The maximum absolute atomic E-state index is 12.4. The van der Waals surface area contributed by atoms with Crippen molar-refractivity contribution in [2.24, 2.45) is 11.8 Å². The first-order valence-corrected chi connectivity index (χ1v) is 7.29. The highest BCUT2D eigenvalue weighted by atomic mass is 16.6. The summed E-state index contributed by atoms with van der Waals surface area (Å²) in [6, 6.07) is 0. The predicted molar refractivity (Wildman–Crippen MR) is 78.8 cm³/mol. The lowest BCUT2D eigenvalue weighted by atomic mass is 9.86. The van der Waals surface area contributed by atoms with E-state index in [0.717, 1.165) is 0 Å². The van der Waals surface area contributed by atoms with Crippen molar-refractivity contribution >= 4 is 17.9 Å². The summed E-state index contributed by atoms with van der Waals surface area (Å²) in [6.07, 6.45) is -0.410. The van der Waals surface area contributed by atoms with Gasteiger partial charge in [0.1, 0.15) is 17.6 Å². The maximum Gasteiger partial charge on any atom is 0.333 e. The van der Waals surface area contributed by atoms with Crippen LogP contribution in [-0.4, -0.2) is 36.2 Å². The van der Waals surface area contributed by atoms with Crippen molar-refractivity contribution in [1.29, 1.82) is 0 Å². The molecule has 1 rings (SSSR count). The Morgan fingerprint density at radius 2 is 1.95 bits per heavy atom. The molecule has 124 valence electrons. The van der Waals surface area contributed by atoms with Gasteiger partial charge in [0.15, 0.2) is 0 Å². The Morgan fingerprint density at radius 1 is 1.36 bits per heavy atom. The molecule has 3 unspecified atom stereocenters. The molecular formula is C16H24O6.